The highest BCUT2D eigenvalue weighted by atomic mass is 19.4. The summed E-state index contributed by atoms with van der Waals surface area (Å²) in [6.45, 7) is 4.82. The summed E-state index contributed by atoms with van der Waals surface area (Å²) in [7, 11) is 0. The van der Waals surface area contributed by atoms with E-state index in [0.29, 0.717) is 6.20 Å². The van der Waals surface area contributed by atoms with Crippen molar-refractivity contribution in [3.63, 3.8) is 0 Å². The van der Waals surface area contributed by atoms with E-state index in [4.69, 9.17) is 5.11 Å². The van der Waals surface area contributed by atoms with Crippen molar-refractivity contribution < 1.29 is 27.9 Å². The van der Waals surface area contributed by atoms with Gasteiger partial charge in [0.15, 0.2) is 0 Å². The molecule has 0 aliphatic rings. The van der Waals surface area contributed by atoms with Crippen LogP contribution in [0.5, 0.6) is 0 Å². The number of aromatic carboxylic acids is 1. The molecule has 1 aromatic rings. The molecule has 2 N–H and O–H groups in total. The van der Waals surface area contributed by atoms with E-state index in [0.717, 1.165) is 10.8 Å². The maximum atomic E-state index is 12.7. The lowest BCUT2D eigenvalue weighted by Crippen LogP contribution is -2.35. The molecule has 0 bridgehead atoms. The quantitative estimate of drug-likeness (QED) is 0.894. The van der Waals surface area contributed by atoms with Crippen LogP contribution in [0.3, 0.4) is 0 Å². The second-order valence-electron chi connectivity index (χ2n) is 4.67. The number of carbonyl (C=O) groups is 2. The first-order valence-corrected chi connectivity index (χ1v) is 5.86. The standard InChI is InChI=1S/C12H15F3N2O3/c1-6(2)16-10(18)7(3)17-4-8(11(19)20)9(5-17)12(13,14)15/h4-7H,1-3H3,(H,16,18)(H,19,20). The second-order valence-corrected chi connectivity index (χ2v) is 4.67. The molecule has 0 aliphatic carbocycles. The van der Waals surface area contributed by atoms with Gasteiger partial charge in [-0.05, 0) is 20.8 Å². The van der Waals surface area contributed by atoms with Crippen molar-refractivity contribution in [2.75, 3.05) is 0 Å². The second kappa shape index (κ2) is 5.56. The van der Waals surface area contributed by atoms with Crippen LogP contribution in [-0.2, 0) is 11.0 Å². The maximum absolute atomic E-state index is 12.7. The lowest BCUT2D eigenvalue weighted by molar-refractivity contribution is -0.138. The van der Waals surface area contributed by atoms with Crippen LogP contribution in [0.15, 0.2) is 12.4 Å². The SMILES string of the molecule is CC(C)NC(=O)C(C)n1cc(C(=O)O)c(C(F)(F)F)c1. The molecule has 0 spiro atoms. The van der Waals surface area contributed by atoms with Crippen LogP contribution in [0, 0.1) is 0 Å². The highest BCUT2D eigenvalue weighted by Crippen LogP contribution is 2.33. The third-order valence-corrected chi connectivity index (χ3v) is 2.64. The van der Waals surface area contributed by atoms with Crippen molar-refractivity contribution in [2.24, 2.45) is 0 Å². The van der Waals surface area contributed by atoms with Gasteiger partial charge in [0, 0.05) is 18.4 Å². The zero-order chi connectivity index (χ0) is 15.7. The molecule has 112 valence electrons. The topological polar surface area (TPSA) is 71.3 Å². The van der Waals surface area contributed by atoms with E-state index >= 15 is 0 Å². The Kier molecular flexibility index (Phi) is 4.46. The lowest BCUT2D eigenvalue weighted by Gasteiger charge is -2.16. The first-order chi connectivity index (χ1) is 9.04. The smallest absolute Gasteiger partial charge is 0.418 e. The Bertz CT molecular complexity index is 521. The normalized spacial score (nSPS) is 13.3. The van der Waals surface area contributed by atoms with E-state index in [9.17, 15) is 22.8 Å². The first kappa shape index (κ1) is 16.1. The maximum Gasteiger partial charge on any atom is 0.418 e. The third kappa shape index (κ3) is 3.52. The van der Waals surface area contributed by atoms with Gasteiger partial charge < -0.3 is 15.0 Å². The van der Waals surface area contributed by atoms with Gasteiger partial charge in [-0.3, -0.25) is 4.79 Å². The van der Waals surface area contributed by atoms with Crippen LogP contribution in [-0.4, -0.2) is 27.6 Å². The van der Waals surface area contributed by atoms with Crippen molar-refractivity contribution in [3.05, 3.63) is 23.5 Å². The van der Waals surface area contributed by atoms with Crippen LogP contribution in [0.1, 0.15) is 42.7 Å². The third-order valence-electron chi connectivity index (χ3n) is 2.64. The van der Waals surface area contributed by atoms with Crippen LogP contribution in [0.4, 0.5) is 13.2 Å². The van der Waals surface area contributed by atoms with Gasteiger partial charge in [0.2, 0.25) is 5.91 Å². The number of carboxylic acids is 1. The molecule has 1 atom stereocenters. The summed E-state index contributed by atoms with van der Waals surface area (Å²) >= 11 is 0. The van der Waals surface area contributed by atoms with Gasteiger partial charge in [-0.1, -0.05) is 0 Å². The fraction of sp³-hybridized carbons (Fsp3) is 0.500. The number of nitrogens with one attached hydrogen (secondary N) is 1. The predicted octanol–water partition coefficient (Wildman–Crippen LogP) is 2.29. The van der Waals surface area contributed by atoms with Crippen LogP contribution in [0.2, 0.25) is 0 Å². The Labute approximate surface area is 113 Å². The predicted molar refractivity (Wildman–Crippen MR) is 64.4 cm³/mol. The molecular formula is C12H15F3N2O3. The van der Waals surface area contributed by atoms with E-state index in [-0.39, 0.29) is 6.04 Å². The van der Waals surface area contributed by atoms with Crippen LogP contribution < -0.4 is 5.32 Å². The number of halogens is 3. The Morgan fingerprint density at radius 2 is 1.80 bits per heavy atom. The molecule has 1 rings (SSSR count). The fourth-order valence-electron chi connectivity index (χ4n) is 1.63. The average molecular weight is 292 g/mol. The molecule has 1 aromatic heterocycles. The van der Waals surface area contributed by atoms with Crippen LogP contribution in [0.25, 0.3) is 0 Å². The molecule has 1 amide bonds. The Balaban J connectivity index is 3.15. The van der Waals surface area contributed by atoms with Gasteiger partial charge in [-0.2, -0.15) is 13.2 Å². The van der Waals surface area contributed by atoms with Gasteiger partial charge in [-0.15, -0.1) is 0 Å². The number of hydrogen-bond acceptors (Lipinski definition) is 2. The van der Waals surface area contributed by atoms with Crippen molar-refractivity contribution in [2.45, 2.75) is 39.0 Å². The minimum atomic E-state index is -4.78. The largest absolute Gasteiger partial charge is 0.478 e. The van der Waals surface area contributed by atoms with E-state index < -0.39 is 35.2 Å². The summed E-state index contributed by atoms with van der Waals surface area (Å²) < 4.78 is 39.1. The molecule has 8 heteroatoms. The Morgan fingerprint density at radius 3 is 2.15 bits per heavy atom. The number of carboxylic acid groups (broad SMARTS) is 1. The van der Waals surface area contributed by atoms with Gasteiger partial charge in [0.25, 0.3) is 0 Å². The Morgan fingerprint density at radius 1 is 1.25 bits per heavy atom. The van der Waals surface area contributed by atoms with Crippen molar-refractivity contribution in [3.8, 4) is 0 Å². The molecule has 20 heavy (non-hydrogen) atoms. The molecule has 1 unspecified atom stereocenters. The summed E-state index contributed by atoms with van der Waals surface area (Å²) in [5, 5.41) is 11.3. The minimum Gasteiger partial charge on any atom is -0.478 e. The molecule has 0 aromatic carbocycles. The average Bonchev–Trinajstić information content (AvgIpc) is 2.71. The molecule has 0 aliphatic heterocycles. The molecule has 0 saturated carbocycles. The van der Waals surface area contributed by atoms with Gasteiger partial charge in [0.05, 0.1) is 11.1 Å². The fourth-order valence-corrected chi connectivity index (χ4v) is 1.63. The summed E-state index contributed by atoms with van der Waals surface area (Å²) in [5.74, 6) is -2.17. The van der Waals surface area contributed by atoms with Gasteiger partial charge >= 0.3 is 12.1 Å². The highest BCUT2D eigenvalue weighted by Gasteiger charge is 2.37. The number of amides is 1. The number of carbonyl (C=O) groups excluding carboxylic acids is 1. The summed E-state index contributed by atoms with van der Waals surface area (Å²) in [5.41, 5.74) is -2.14. The zero-order valence-corrected chi connectivity index (χ0v) is 11.2. The summed E-state index contributed by atoms with van der Waals surface area (Å²) in [6, 6.07) is -1.10. The van der Waals surface area contributed by atoms with Gasteiger partial charge in [-0.25, -0.2) is 4.79 Å². The summed E-state index contributed by atoms with van der Waals surface area (Å²) in [6.07, 6.45) is -3.34. The van der Waals surface area contributed by atoms with E-state index in [1.54, 1.807) is 13.8 Å². The van der Waals surface area contributed by atoms with E-state index in [1.165, 1.54) is 6.92 Å². The first-order valence-electron chi connectivity index (χ1n) is 5.86. The highest BCUT2D eigenvalue weighted by molar-refractivity contribution is 5.90. The lowest BCUT2D eigenvalue weighted by atomic mass is 10.2. The minimum absolute atomic E-state index is 0.165. The number of hydrogen-bond donors (Lipinski definition) is 2. The summed E-state index contributed by atoms with van der Waals surface area (Å²) in [4.78, 5) is 22.6. The van der Waals surface area contributed by atoms with E-state index in [1.807, 2.05) is 0 Å². The van der Waals surface area contributed by atoms with Crippen molar-refractivity contribution in [1.29, 1.82) is 0 Å². The molecular weight excluding hydrogens is 277 g/mol. The molecule has 5 nitrogen and oxygen atoms in total. The Hall–Kier alpha value is -1.99. The molecule has 0 radical (unpaired) electrons. The number of nitrogens with zero attached hydrogens (tertiary/aromatic N) is 1. The zero-order valence-electron chi connectivity index (χ0n) is 11.2. The number of aromatic nitrogens is 1. The van der Waals surface area contributed by atoms with E-state index in [2.05, 4.69) is 5.32 Å². The van der Waals surface area contributed by atoms with Crippen molar-refractivity contribution in [1.82, 2.24) is 9.88 Å². The van der Waals surface area contributed by atoms with Crippen molar-refractivity contribution >= 4 is 11.9 Å². The van der Waals surface area contributed by atoms with Crippen LogP contribution >= 0.6 is 0 Å². The molecule has 0 saturated heterocycles. The number of rotatable bonds is 4. The molecule has 1 heterocycles. The monoisotopic (exact) mass is 292 g/mol. The molecule has 0 fully saturated rings. The number of alkyl halides is 3. The van der Waals surface area contributed by atoms with Gasteiger partial charge in [0.1, 0.15) is 6.04 Å².